The summed E-state index contributed by atoms with van der Waals surface area (Å²) in [6.07, 6.45) is 0.793. The maximum atomic E-state index is 10.7. The lowest BCUT2D eigenvalue weighted by Gasteiger charge is -2.58. The molecule has 0 aliphatic heterocycles. The van der Waals surface area contributed by atoms with E-state index in [9.17, 15) is 10.2 Å². The summed E-state index contributed by atoms with van der Waals surface area (Å²) < 4.78 is 5.65. The van der Waals surface area contributed by atoms with Gasteiger partial charge in [-0.2, -0.15) is 0 Å². The van der Waals surface area contributed by atoms with Crippen LogP contribution in [0.4, 0.5) is 0 Å². The lowest BCUT2D eigenvalue weighted by molar-refractivity contribution is -0.238. The molecule has 0 saturated heterocycles. The molecule has 1 saturated carbocycles. The molecule has 0 heterocycles. The maximum absolute atomic E-state index is 10.7. The summed E-state index contributed by atoms with van der Waals surface area (Å²) in [5, 5.41) is 23.4. The SMILES string of the molecule is CCO[C@H]1C[C@@](O)(CNCc2cccc(O)c2)C1(C)C. The minimum atomic E-state index is -0.732. The van der Waals surface area contributed by atoms with Gasteiger partial charge in [-0.05, 0) is 24.6 Å². The Morgan fingerprint density at radius 3 is 2.75 bits per heavy atom. The highest BCUT2D eigenvalue weighted by molar-refractivity contribution is 5.27. The Hall–Kier alpha value is -1.10. The van der Waals surface area contributed by atoms with Crippen LogP contribution >= 0.6 is 0 Å². The molecule has 0 aromatic heterocycles. The highest BCUT2D eigenvalue weighted by Gasteiger charge is 2.59. The summed E-state index contributed by atoms with van der Waals surface area (Å²) in [6, 6.07) is 7.15. The molecule has 0 unspecified atom stereocenters. The molecule has 0 amide bonds. The van der Waals surface area contributed by atoms with Crippen molar-refractivity contribution >= 4 is 0 Å². The first kappa shape index (κ1) is 15.3. The number of nitrogens with one attached hydrogen (secondary N) is 1. The Kier molecular flexibility index (Phi) is 4.37. The average Bonchev–Trinajstić information content (AvgIpc) is 2.38. The predicted octanol–water partition coefficient (Wildman–Crippen LogP) is 2.05. The van der Waals surface area contributed by atoms with E-state index in [2.05, 4.69) is 5.32 Å². The van der Waals surface area contributed by atoms with Crippen molar-refractivity contribution in [3.05, 3.63) is 29.8 Å². The topological polar surface area (TPSA) is 61.7 Å². The Labute approximate surface area is 120 Å². The number of benzene rings is 1. The number of ether oxygens (including phenoxy) is 1. The van der Waals surface area contributed by atoms with Gasteiger partial charge in [-0.25, -0.2) is 0 Å². The molecule has 4 heteroatoms. The average molecular weight is 279 g/mol. The van der Waals surface area contributed by atoms with Crippen molar-refractivity contribution < 1.29 is 14.9 Å². The first-order valence-corrected chi connectivity index (χ1v) is 7.21. The summed E-state index contributed by atoms with van der Waals surface area (Å²) in [5.41, 5.74) is 0.0329. The zero-order valence-electron chi connectivity index (χ0n) is 12.5. The van der Waals surface area contributed by atoms with Crippen molar-refractivity contribution in [2.45, 2.75) is 45.4 Å². The Morgan fingerprint density at radius 1 is 1.40 bits per heavy atom. The summed E-state index contributed by atoms with van der Waals surface area (Å²) in [6.45, 7) is 7.92. The molecule has 1 aliphatic rings. The lowest BCUT2D eigenvalue weighted by Crippen LogP contribution is -2.68. The second-order valence-corrected chi connectivity index (χ2v) is 6.17. The van der Waals surface area contributed by atoms with Gasteiger partial charge in [0.2, 0.25) is 0 Å². The molecule has 3 N–H and O–H groups in total. The van der Waals surface area contributed by atoms with Gasteiger partial charge in [-0.1, -0.05) is 26.0 Å². The van der Waals surface area contributed by atoms with Gasteiger partial charge in [-0.3, -0.25) is 0 Å². The van der Waals surface area contributed by atoms with Crippen LogP contribution in [-0.4, -0.2) is 35.1 Å². The normalized spacial score (nSPS) is 28.1. The van der Waals surface area contributed by atoms with Gasteiger partial charge in [0.15, 0.2) is 0 Å². The van der Waals surface area contributed by atoms with Crippen LogP contribution in [0, 0.1) is 5.41 Å². The molecule has 1 fully saturated rings. The Morgan fingerprint density at radius 2 is 2.15 bits per heavy atom. The van der Waals surface area contributed by atoms with Crippen LogP contribution in [0.5, 0.6) is 5.75 Å². The van der Waals surface area contributed by atoms with Gasteiger partial charge < -0.3 is 20.3 Å². The molecular formula is C16H25NO3. The van der Waals surface area contributed by atoms with Crippen LogP contribution in [0.25, 0.3) is 0 Å². The monoisotopic (exact) mass is 279 g/mol. The van der Waals surface area contributed by atoms with E-state index < -0.39 is 5.60 Å². The van der Waals surface area contributed by atoms with Crippen molar-refractivity contribution in [2.24, 2.45) is 5.41 Å². The van der Waals surface area contributed by atoms with E-state index in [1.807, 2.05) is 32.9 Å². The van der Waals surface area contributed by atoms with E-state index in [-0.39, 0.29) is 17.3 Å². The van der Waals surface area contributed by atoms with E-state index in [4.69, 9.17) is 4.74 Å². The number of aliphatic hydroxyl groups is 1. The summed E-state index contributed by atoms with van der Waals surface area (Å²) in [5.74, 6) is 0.267. The zero-order chi connectivity index (χ0) is 14.8. The molecule has 1 aromatic carbocycles. The van der Waals surface area contributed by atoms with Crippen molar-refractivity contribution in [3.8, 4) is 5.75 Å². The van der Waals surface area contributed by atoms with Crippen LogP contribution in [0.3, 0.4) is 0 Å². The minimum absolute atomic E-state index is 0.125. The predicted molar refractivity (Wildman–Crippen MR) is 78.6 cm³/mol. The van der Waals surface area contributed by atoms with Crippen LogP contribution in [0.2, 0.25) is 0 Å². The smallest absolute Gasteiger partial charge is 0.115 e. The van der Waals surface area contributed by atoms with Crippen LogP contribution in [0.1, 0.15) is 32.8 Å². The van der Waals surface area contributed by atoms with Crippen LogP contribution in [0.15, 0.2) is 24.3 Å². The van der Waals surface area contributed by atoms with Crippen LogP contribution < -0.4 is 5.32 Å². The fourth-order valence-electron chi connectivity index (χ4n) is 2.84. The second kappa shape index (κ2) is 5.72. The molecular weight excluding hydrogens is 254 g/mol. The Balaban J connectivity index is 1.85. The largest absolute Gasteiger partial charge is 0.508 e. The third-order valence-corrected chi connectivity index (χ3v) is 4.55. The first-order valence-electron chi connectivity index (χ1n) is 7.21. The summed E-state index contributed by atoms with van der Waals surface area (Å²) in [4.78, 5) is 0. The fraction of sp³-hybridized carbons (Fsp3) is 0.625. The van der Waals surface area contributed by atoms with E-state index in [1.165, 1.54) is 0 Å². The highest BCUT2D eigenvalue weighted by atomic mass is 16.5. The molecule has 0 bridgehead atoms. The maximum Gasteiger partial charge on any atom is 0.115 e. The fourth-order valence-corrected chi connectivity index (χ4v) is 2.84. The van der Waals surface area contributed by atoms with Gasteiger partial charge in [0, 0.05) is 31.5 Å². The van der Waals surface area contributed by atoms with Crippen LogP contribution in [-0.2, 0) is 11.3 Å². The van der Waals surface area contributed by atoms with E-state index in [0.29, 0.717) is 26.1 Å². The quantitative estimate of drug-likeness (QED) is 0.746. The van der Waals surface area contributed by atoms with E-state index in [1.54, 1.807) is 12.1 Å². The minimum Gasteiger partial charge on any atom is -0.508 e. The van der Waals surface area contributed by atoms with Crippen molar-refractivity contribution in [2.75, 3.05) is 13.2 Å². The standard InChI is InChI=1S/C16H25NO3/c1-4-20-14-9-16(19,15(14,2)3)11-17-10-12-6-5-7-13(18)8-12/h5-8,14,17-19H,4,9-11H2,1-3H3/t14-,16+/m0/s1. The third-order valence-electron chi connectivity index (χ3n) is 4.55. The van der Waals surface area contributed by atoms with Gasteiger partial charge in [0.25, 0.3) is 0 Å². The zero-order valence-corrected chi connectivity index (χ0v) is 12.5. The Bertz CT molecular complexity index is 461. The number of hydrogen-bond acceptors (Lipinski definition) is 4. The highest BCUT2D eigenvalue weighted by Crippen LogP contribution is 2.50. The molecule has 20 heavy (non-hydrogen) atoms. The van der Waals surface area contributed by atoms with Gasteiger partial charge in [0.1, 0.15) is 5.75 Å². The number of phenolic OH excluding ortho intramolecular Hbond substituents is 1. The summed E-state index contributed by atoms with van der Waals surface area (Å²) in [7, 11) is 0. The molecule has 112 valence electrons. The second-order valence-electron chi connectivity index (χ2n) is 6.17. The van der Waals surface area contributed by atoms with Gasteiger partial charge in [0.05, 0.1) is 11.7 Å². The van der Waals surface area contributed by atoms with E-state index in [0.717, 1.165) is 5.56 Å². The third kappa shape index (κ3) is 2.82. The molecule has 2 rings (SSSR count). The first-order chi connectivity index (χ1) is 9.39. The van der Waals surface area contributed by atoms with Crippen molar-refractivity contribution in [3.63, 3.8) is 0 Å². The number of hydrogen-bond donors (Lipinski definition) is 3. The van der Waals surface area contributed by atoms with Gasteiger partial charge >= 0.3 is 0 Å². The molecule has 0 spiro atoms. The summed E-state index contributed by atoms with van der Waals surface area (Å²) >= 11 is 0. The molecule has 4 nitrogen and oxygen atoms in total. The lowest BCUT2D eigenvalue weighted by atomic mass is 9.56. The van der Waals surface area contributed by atoms with Gasteiger partial charge in [-0.15, -0.1) is 0 Å². The van der Waals surface area contributed by atoms with Crippen molar-refractivity contribution in [1.82, 2.24) is 5.32 Å². The van der Waals surface area contributed by atoms with E-state index >= 15 is 0 Å². The molecule has 0 radical (unpaired) electrons. The molecule has 1 aliphatic carbocycles. The number of aromatic hydroxyl groups is 1. The van der Waals surface area contributed by atoms with Crippen molar-refractivity contribution in [1.29, 1.82) is 0 Å². The molecule has 2 atom stereocenters. The number of rotatable bonds is 6. The number of phenols is 1. The molecule has 1 aromatic rings.